The predicted molar refractivity (Wildman–Crippen MR) is 100 cm³/mol. The Hall–Kier alpha value is -3.03. The van der Waals surface area contributed by atoms with Gasteiger partial charge in [-0.25, -0.2) is 5.10 Å². The van der Waals surface area contributed by atoms with Crippen molar-refractivity contribution in [3.05, 3.63) is 64.4 Å². The van der Waals surface area contributed by atoms with Crippen molar-refractivity contribution in [2.75, 3.05) is 19.7 Å². The highest BCUT2D eigenvalue weighted by Gasteiger charge is 2.37. The summed E-state index contributed by atoms with van der Waals surface area (Å²) in [5.74, 6) is -0.190. The lowest BCUT2D eigenvalue weighted by atomic mass is 10.0. The molecular formula is C20H19N3O4. The van der Waals surface area contributed by atoms with Crippen LogP contribution in [0.15, 0.2) is 53.3 Å². The van der Waals surface area contributed by atoms with Crippen molar-refractivity contribution in [2.45, 2.75) is 12.0 Å². The largest absolute Gasteiger partial charge is 0.393 e. The molecule has 1 amide bonds. The molecular weight excluding hydrogens is 346 g/mol. The summed E-state index contributed by atoms with van der Waals surface area (Å²) in [5, 5.41) is 27.3. The topological polar surface area (TPSA) is 107 Å². The molecule has 2 heterocycles. The summed E-state index contributed by atoms with van der Waals surface area (Å²) in [5.41, 5.74) is 0.461. The van der Waals surface area contributed by atoms with E-state index in [9.17, 15) is 19.8 Å². The van der Waals surface area contributed by atoms with E-state index >= 15 is 0 Å². The number of likely N-dealkylation sites (tertiary alicyclic amines) is 1. The van der Waals surface area contributed by atoms with Gasteiger partial charge in [-0.15, -0.1) is 0 Å². The van der Waals surface area contributed by atoms with Gasteiger partial charge in [-0.05, 0) is 24.6 Å². The van der Waals surface area contributed by atoms with Gasteiger partial charge in [0.05, 0.1) is 24.2 Å². The number of H-pyrrole nitrogens is 1. The maximum atomic E-state index is 12.6. The third-order valence-electron chi connectivity index (χ3n) is 5.02. The molecule has 2 aromatic carbocycles. The van der Waals surface area contributed by atoms with Crippen molar-refractivity contribution in [1.29, 1.82) is 0 Å². The molecule has 1 saturated heterocycles. The zero-order valence-corrected chi connectivity index (χ0v) is 14.6. The number of benzene rings is 2. The van der Waals surface area contributed by atoms with Crippen LogP contribution in [0.2, 0.25) is 0 Å². The number of aliphatic hydroxyl groups excluding tert-OH is 1. The van der Waals surface area contributed by atoms with E-state index in [2.05, 4.69) is 10.2 Å². The molecule has 1 aliphatic rings. The van der Waals surface area contributed by atoms with Crippen molar-refractivity contribution in [2.24, 2.45) is 0 Å². The van der Waals surface area contributed by atoms with Crippen molar-refractivity contribution in [1.82, 2.24) is 15.1 Å². The van der Waals surface area contributed by atoms with Crippen LogP contribution in [0.4, 0.5) is 0 Å². The van der Waals surface area contributed by atoms with Gasteiger partial charge >= 0.3 is 0 Å². The van der Waals surface area contributed by atoms with Gasteiger partial charge in [-0.2, -0.15) is 5.10 Å². The fraction of sp³-hybridized carbons (Fsp3) is 0.250. The molecule has 1 unspecified atom stereocenters. The van der Waals surface area contributed by atoms with Crippen LogP contribution >= 0.6 is 0 Å². The molecule has 3 N–H and O–H groups in total. The van der Waals surface area contributed by atoms with Crippen molar-refractivity contribution in [3.8, 4) is 11.3 Å². The Morgan fingerprint density at radius 1 is 1.15 bits per heavy atom. The lowest BCUT2D eigenvalue weighted by Gasteiger charge is -2.21. The fourth-order valence-electron chi connectivity index (χ4n) is 3.45. The van der Waals surface area contributed by atoms with Crippen LogP contribution in [0.3, 0.4) is 0 Å². The van der Waals surface area contributed by atoms with Crippen LogP contribution < -0.4 is 5.56 Å². The van der Waals surface area contributed by atoms with Crippen LogP contribution in [0.1, 0.15) is 16.8 Å². The first-order valence-electron chi connectivity index (χ1n) is 8.71. The Balaban J connectivity index is 1.63. The molecule has 7 heteroatoms. The fourth-order valence-corrected chi connectivity index (χ4v) is 3.45. The molecule has 0 saturated carbocycles. The first-order chi connectivity index (χ1) is 13.0. The maximum Gasteiger partial charge on any atom is 0.272 e. The molecule has 7 nitrogen and oxygen atoms in total. The summed E-state index contributed by atoms with van der Waals surface area (Å²) in [4.78, 5) is 26.1. The molecule has 138 valence electrons. The minimum atomic E-state index is -1.21. The quantitative estimate of drug-likeness (QED) is 0.646. The Morgan fingerprint density at radius 3 is 2.52 bits per heavy atom. The molecule has 1 atom stereocenters. The zero-order chi connectivity index (χ0) is 19.0. The van der Waals surface area contributed by atoms with Gasteiger partial charge in [-0.1, -0.05) is 30.3 Å². The molecule has 0 spiro atoms. The van der Waals surface area contributed by atoms with Crippen LogP contribution in [0.5, 0.6) is 0 Å². The van der Waals surface area contributed by atoms with E-state index in [1.165, 1.54) is 0 Å². The predicted octanol–water partition coefficient (Wildman–Crippen LogP) is 1.16. The van der Waals surface area contributed by atoms with E-state index in [4.69, 9.17) is 0 Å². The summed E-state index contributed by atoms with van der Waals surface area (Å²) >= 11 is 0. The van der Waals surface area contributed by atoms with Gasteiger partial charge in [0.15, 0.2) is 0 Å². The minimum absolute atomic E-state index is 0.121. The number of nitrogens with zero attached hydrogens (tertiary/aromatic N) is 2. The zero-order valence-electron chi connectivity index (χ0n) is 14.6. The number of carbonyl (C=O) groups is 1. The van der Waals surface area contributed by atoms with Crippen LogP contribution in [-0.4, -0.2) is 56.5 Å². The average molecular weight is 365 g/mol. The summed E-state index contributed by atoms with van der Waals surface area (Å²) in [7, 11) is 0. The SMILES string of the molecule is O=C(c1ccc(-c2n[nH]c(=O)c3ccccc23)cc1)N1CCC(O)(CO)C1. The Bertz CT molecular complexity index is 1060. The van der Waals surface area contributed by atoms with Gasteiger partial charge < -0.3 is 15.1 Å². The van der Waals surface area contributed by atoms with Crippen LogP contribution in [-0.2, 0) is 0 Å². The Labute approximate surface area is 154 Å². The van der Waals surface area contributed by atoms with E-state index in [0.717, 1.165) is 10.9 Å². The van der Waals surface area contributed by atoms with Gasteiger partial charge in [0.2, 0.25) is 0 Å². The Morgan fingerprint density at radius 2 is 1.85 bits per heavy atom. The number of hydrogen-bond acceptors (Lipinski definition) is 5. The monoisotopic (exact) mass is 365 g/mol. The first-order valence-corrected chi connectivity index (χ1v) is 8.71. The molecule has 1 aromatic heterocycles. The second-order valence-corrected chi connectivity index (χ2v) is 6.88. The highest BCUT2D eigenvalue weighted by atomic mass is 16.3. The summed E-state index contributed by atoms with van der Waals surface area (Å²) < 4.78 is 0. The molecule has 4 rings (SSSR count). The first kappa shape index (κ1) is 17.4. The number of amides is 1. The average Bonchev–Trinajstić information content (AvgIpc) is 3.11. The number of rotatable bonds is 3. The van der Waals surface area contributed by atoms with Crippen LogP contribution in [0.25, 0.3) is 22.0 Å². The molecule has 1 aliphatic heterocycles. The third-order valence-corrected chi connectivity index (χ3v) is 5.02. The number of carbonyl (C=O) groups excluding carboxylic acids is 1. The van der Waals surface area contributed by atoms with Gasteiger partial charge in [0.25, 0.3) is 11.5 Å². The molecule has 27 heavy (non-hydrogen) atoms. The van der Waals surface area contributed by atoms with E-state index in [1.54, 1.807) is 41.3 Å². The van der Waals surface area contributed by atoms with Crippen molar-refractivity contribution in [3.63, 3.8) is 0 Å². The lowest BCUT2D eigenvalue weighted by molar-refractivity contribution is -0.00455. The van der Waals surface area contributed by atoms with E-state index in [1.807, 2.05) is 12.1 Å². The molecule has 3 aromatic rings. The smallest absolute Gasteiger partial charge is 0.272 e. The summed E-state index contributed by atoms with van der Waals surface area (Å²) in [6.45, 7) is 0.167. The molecule has 0 bridgehead atoms. The maximum absolute atomic E-state index is 12.6. The number of hydrogen-bond donors (Lipinski definition) is 3. The number of aliphatic hydroxyl groups is 2. The molecule has 0 aliphatic carbocycles. The van der Waals surface area contributed by atoms with Gasteiger partial charge in [0, 0.05) is 23.1 Å². The highest BCUT2D eigenvalue weighted by molar-refractivity contribution is 5.97. The third kappa shape index (κ3) is 3.11. The summed E-state index contributed by atoms with van der Waals surface area (Å²) in [6.07, 6.45) is 0.362. The van der Waals surface area contributed by atoms with Gasteiger partial charge in [-0.3, -0.25) is 9.59 Å². The van der Waals surface area contributed by atoms with E-state index in [0.29, 0.717) is 29.6 Å². The standard InChI is InChI=1S/C20H19N3O4/c24-12-20(27)9-10-23(11-20)19(26)14-7-5-13(6-8-14)17-15-3-1-2-4-16(15)18(25)22-21-17/h1-8,24,27H,9-12H2,(H,22,25). The molecule has 1 fully saturated rings. The lowest BCUT2D eigenvalue weighted by Crippen LogP contribution is -2.38. The molecule has 0 radical (unpaired) electrons. The summed E-state index contributed by atoms with van der Waals surface area (Å²) in [6, 6.07) is 14.2. The van der Waals surface area contributed by atoms with Gasteiger partial charge in [0.1, 0.15) is 5.60 Å². The number of aromatic amines is 1. The van der Waals surface area contributed by atoms with Crippen molar-refractivity contribution >= 4 is 16.7 Å². The van der Waals surface area contributed by atoms with Crippen molar-refractivity contribution < 1.29 is 15.0 Å². The van der Waals surface area contributed by atoms with Crippen LogP contribution in [0, 0.1) is 0 Å². The number of fused-ring (bicyclic) bond motifs is 1. The second-order valence-electron chi connectivity index (χ2n) is 6.88. The normalized spacial score (nSPS) is 19.6. The number of β-amino-alcohol motifs (C(OH)–C–C–N with tert-alkyl or cyclic N) is 1. The number of nitrogens with one attached hydrogen (secondary N) is 1. The minimum Gasteiger partial charge on any atom is -0.393 e. The van der Waals surface area contributed by atoms with E-state index < -0.39 is 5.60 Å². The second kappa shape index (κ2) is 6.61. The highest BCUT2D eigenvalue weighted by Crippen LogP contribution is 2.26. The Kier molecular flexibility index (Phi) is 4.25. The van der Waals surface area contributed by atoms with E-state index in [-0.39, 0.29) is 24.6 Å². The number of aromatic nitrogens is 2.